The largest absolute Gasteiger partial charge is 0.399 e. The molecule has 1 aliphatic rings. The second-order valence-corrected chi connectivity index (χ2v) is 11.2. The molecule has 39 heavy (non-hydrogen) atoms. The summed E-state index contributed by atoms with van der Waals surface area (Å²) in [5.74, 6) is 0.522. The molecule has 1 heterocycles. The van der Waals surface area contributed by atoms with Gasteiger partial charge in [-0.3, -0.25) is 4.98 Å². The smallest absolute Gasteiger partial charge is 0.0991 e. The molecule has 2 N–H and O–H groups in total. The van der Waals surface area contributed by atoms with Gasteiger partial charge in [-0.25, -0.2) is 0 Å². The summed E-state index contributed by atoms with van der Waals surface area (Å²) in [5.41, 5.74) is 13.0. The van der Waals surface area contributed by atoms with E-state index in [1.54, 1.807) is 12.3 Å². The number of anilines is 1. The van der Waals surface area contributed by atoms with Gasteiger partial charge in [0.25, 0.3) is 0 Å². The van der Waals surface area contributed by atoms with E-state index in [-0.39, 0.29) is 5.41 Å². The number of benzene rings is 5. The lowest BCUT2D eigenvalue weighted by atomic mass is 9.65. The van der Waals surface area contributed by atoms with Gasteiger partial charge in [0.05, 0.1) is 17.1 Å². The zero-order valence-corrected chi connectivity index (χ0v) is 22.4. The Morgan fingerprint density at radius 2 is 1.62 bits per heavy atom. The maximum absolute atomic E-state index is 8.63. The van der Waals surface area contributed by atoms with Crippen molar-refractivity contribution >= 4 is 38.1 Å². The fraction of sp³-hybridized carbons (Fsp3) is 0.167. The zero-order chi connectivity index (χ0) is 27.0. The molecule has 0 bridgehead atoms. The number of hydrogen-bond donors (Lipinski definition) is 1. The molecule has 0 aliphatic heterocycles. The third-order valence-corrected chi connectivity index (χ3v) is 8.03. The molecular weight excluding hydrogens is 474 g/mol. The summed E-state index contributed by atoms with van der Waals surface area (Å²) in [6.45, 7) is 4.80. The Labute approximate surface area is 229 Å². The number of nitrogen functional groups attached to an aromatic ring is 1. The molecular formula is C36H31N3. The summed E-state index contributed by atoms with van der Waals surface area (Å²) in [7, 11) is 0. The maximum Gasteiger partial charge on any atom is 0.0991 e. The van der Waals surface area contributed by atoms with Gasteiger partial charge in [-0.1, -0.05) is 80.6 Å². The Kier molecular flexibility index (Phi) is 6.25. The van der Waals surface area contributed by atoms with Gasteiger partial charge in [0, 0.05) is 17.3 Å². The fourth-order valence-electron chi connectivity index (χ4n) is 6.35. The molecule has 1 aliphatic carbocycles. The first-order chi connectivity index (χ1) is 18.9. The van der Waals surface area contributed by atoms with E-state index < -0.39 is 0 Å². The van der Waals surface area contributed by atoms with Gasteiger partial charge in [-0.15, -0.1) is 0 Å². The first-order valence-electron chi connectivity index (χ1n) is 13.5. The minimum absolute atomic E-state index is 0.130. The predicted octanol–water partition coefficient (Wildman–Crippen LogP) is 8.69. The van der Waals surface area contributed by atoms with Crippen molar-refractivity contribution in [1.82, 2.24) is 4.98 Å². The van der Waals surface area contributed by atoms with Gasteiger partial charge < -0.3 is 5.73 Å². The maximum atomic E-state index is 8.63. The third-order valence-electron chi connectivity index (χ3n) is 8.03. The number of nitrogens with zero attached hydrogens (tertiary/aromatic N) is 2. The van der Waals surface area contributed by atoms with Crippen molar-refractivity contribution < 1.29 is 0 Å². The van der Waals surface area contributed by atoms with Crippen LogP contribution in [-0.4, -0.2) is 4.98 Å². The summed E-state index contributed by atoms with van der Waals surface area (Å²) in [6, 6.07) is 37.8. The van der Waals surface area contributed by atoms with E-state index in [1.165, 1.54) is 38.2 Å². The third kappa shape index (κ3) is 4.71. The first kappa shape index (κ1) is 24.6. The van der Waals surface area contributed by atoms with Gasteiger partial charge in [0.1, 0.15) is 0 Å². The van der Waals surface area contributed by atoms with Crippen molar-refractivity contribution in [3.63, 3.8) is 0 Å². The first-order valence-corrected chi connectivity index (χ1v) is 13.5. The van der Waals surface area contributed by atoms with Crippen molar-refractivity contribution in [3.8, 4) is 6.07 Å². The monoisotopic (exact) mass is 505 g/mol. The molecule has 1 unspecified atom stereocenters. The second-order valence-electron chi connectivity index (χ2n) is 11.2. The average Bonchev–Trinajstić information content (AvgIpc) is 2.96. The fourth-order valence-corrected chi connectivity index (χ4v) is 6.35. The number of aromatic nitrogens is 1. The lowest BCUT2D eigenvalue weighted by Gasteiger charge is -2.39. The summed E-state index contributed by atoms with van der Waals surface area (Å²) in [5, 5.41) is 15.1. The van der Waals surface area contributed by atoms with Crippen LogP contribution in [0.15, 0.2) is 109 Å². The Bertz CT molecular complexity index is 1880. The van der Waals surface area contributed by atoms with Crippen LogP contribution in [0.1, 0.15) is 48.4 Å². The summed E-state index contributed by atoms with van der Waals surface area (Å²) in [4.78, 5) is 4.15. The molecule has 1 atom stereocenters. The molecule has 1 aromatic heterocycles. The van der Waals surface area contributed by atoms with E-state index in [2.05, 4.69) is 91.6 Å². The molecule has 5 aromatic carbocycles. The topological polar surface area (TPSA) is 62.7 Å². The molecule has 7 rings (SSSR count). The minimum atomic E-state index is 0.130. The van der Waals surface area contributed by atoms with Crippen LogP contribution in [0.25, 0.3) is 32.4 Å². The standard InChI is InChI=1S/C26H25N.C10H6N2/c1-26(2)16-20(18-7-5-8-21(27)15-18)14-19-11-12-23-22-9-4-3-6-17(22)10-13-24(23)25(19)26;11-7-8-3-4-10-9(6-8)2-1-5-12-10/h3-13,15,20H,14,16,27H2,1-2H3;1-6H. The summed E-state index contributed by atoms with van der Waals surface area (Å²) in [6.07, 6.45) is 3.98. The molecule has 0 fully saturated rings. The quantitative estimate of drug-likeness (QED) is 0.180. The summed E-state index contributed by atoms with van der Waals surface area (Å²) < 4.78 is 0. The van der Waals surface area contributed by atoms with Crippen molar-refractivity contribution in [3.05, 3.63) is 132 Å². The number of nitrogens with two attached hydrogens (primary N) is 1. The van der Waals surface area contributed by atoms with Gasteiger partial charge in [0.2, 0.25) is 0 Å². The van der Waals surface area contributed by atoms with Crippen LogP contribution in [0.5, 0.6) is 0 Å². The normalized spacial score (nSPS) is 15.8. The van der Waals surface area contributed by atoms with Gasteiger partial charge >= 0.3 is 0 Å². The Balaban J connectivity index is 0.000000193. The Morgan fingerprint density at radius 3 is 2.46 bits per heavy atom. The molecule has 3 nitrogen and oxygen atoms in total. The van der Waals surface area contributed by atoms with Crippen molar-refractivity contribution in [2.45, 2.75) is 38.0 Å². The molecule has 190 valence electrons. The Hall–Kier alpha value is -4.68. The number of hydrogen-bond acceptors (Lipinski definition) is 3. The molecule has 0 saturated carbocycles. The van der Waals surface area contributed by atoms with E-state index >= 15 is 0 Å². The van der Waals surface area contributed by atoms with Crippen molar-refractivity contribution in [2.24, 2.45) is 0 Å². The van der Waals surface area contributed by atoms with Gasteiger partial charge in [0.15, 0.2) is 0 Å². The highest BCUT2D eigenvalue weighted by Gasteiger charge is 2.35. The molecule has 0 spiro atoms. The van der Waals surface area contributed by atoms with E-state index in [0.29, 0.717) is 11.5 Å². The lowest BCUT2D eigenvalue weighted by Crippen LogP contribution is -2.29. The Morgan fingerprint density at radius 1 is 0.795 bits per heavy atom. The van der Waals surface area contributed by atoms with Crippen LogP contribution >= 0.6 is 0 Å². The second kappa shape index (κ2) is 9.89. The molecule has 0 amide bonds. The molecule has 0 saturated heterocycles. The van der Waals surface area contributed by atoms with Crippen LogP contribution < -0.4 is 5.73 Å². The van der Waals surface area contributed by atoms with Crippen molar-refractivity contribution in [2.75, 3.05) is 5.73 Å². The number of nitriles is 1. The van der Waals surface area contributed by atoms with E-state index in [1.807, 2.05) is 30.3 Å². The van der Waals surface area contributed by atoms with Gasteiger partial charge in [-0.2, -0.15) is 5.26 Å². The number of pyridine rings is 1. The SMILES string of the molecule is CC1(C)CC(c2cccc(N)c2)Cc2ccc3c(ccc4ccccc43)c21.N#Cc1ccc2ncccc2c1. The van der Waals surface area contributed by atoms with Crippen molar-refractivity contribution in [1.29, 1.82) is 5.26 Å². The highest BCUT2D eigenvalue weighted by molar-refractivity contribution is 6.09. The lowest BCUT2D eigenvalue weighted by molar-refractivity contribution is 0.395. The van der Waals surface area contributed by atoms with E-state index in [0.717, 1.165) is 29.4 Å². The van der Waals surface area contributed by atoms with Crippen LogP contribution in [0.3, 0.4) is 0 Å². The van der Waals surface area contributed by atoms with Crippen LogP contribution in [0.2, 0.25) is 0 Å². The highest BCUT2D eigenvalue weighted by Crippen LogP contribution is 2.47. The van der Waals surface area contributed by atoms with Crippen LogP contribution in [-0.2, 0) is 11.8 Å². The zero-order valence-electron chi connectivity index (χ0n) is 22.4. The van der Waals surface area contributed by atoms with Crippen LogP contribution in [0.4, 0.5) is 5.69 Å². The van der Waals surface area contributed by atoms with Crippen LogP contribution in [0, 0.1) is 11.3 Å². The van der Waals surface area contributed by atoms with Gasteiger partial charge in [-0.05, 0) is 98.8 Å². The highest BCUT2D eigenvalue weighted by atomic mass is 14.6. The number of rotatable bonds is 1. The molecule has 0 radical (unpaired) electrons. The predicted molar refractivity (Wildman–Crippen MR) is 163 cm³/mol. The summed E-state index contributed by atoms with van der Waals surface area (Å²) >= 11 is 0. The van der Waals surface area contributed by atoms with E-state index in [9.17, 15) is 0 Å². The van der Waals surface area contributed by atoms with E-state index in [4.69, 9.17) is 11.0 Å². The average molecular weight is 506 g/mol. The number of fused-ring (bicyclic) bond motifs is 6. The minimum Gasteiger partial charge on any atom is -0.399 e. The molecule has 6 aromatic rings. The molecule has 3 heteroatoms.